The molecule has 3 aromatic heterocycles. The molecule has 25 heavy (non-hydrogen) atoms. The summed E-state index contributed by atoms with van der Waals surface area (Å²) in [6.07, 6.45) is 1.82. The Hall–Kier alpha value is -3.19. The lowest BCUT2D eigenvalue weighted by Crippen LogP contribution is -2.29. The Labute approximate surface area is 146 Å². The highest BCUT2D eigenvalue weighted by atomic mass is 32.1. The zero-order chi connectivity index (χ0) is 17.2. The van der Waals surface area contributed by atoms with Crippen molar-refractivity contribution in [1.29, 1.82) is 0 Å². The third-order valence-electron chi connectivity index (χ3n) is 3.80. The minimum Gasteiger partial charge on any atom is -0.361 e. The minimum atomic E-state index is -0.310. The number of carbonyl (C=O) groups is 1. The number of nitrogens with one attached hydrogen (secondary N) is 2. The standard InChI is InChI=1S/C18H14N4O2S/c23-17(20-14-4-1-3-13-12(14)8-9-19-13)11-22-18(24)7-6-15(21-22)16-5-2-10-25-16/h1-10,19H,11H2,(H,20,23). The maximum atomic E-state index is 12.4. The highest BCUT2D eigenvalue weighted by molar-refractivity contribution is 7.13. The first-order valence-corrected chi connectivity index (χ1v) is 8.57. The van der Waals surface area contributed by atoms with Crippen molar-refractivity contribution in [1.82, 2.24) is 14.8 Å². The number of anilines is 1. The van der Waals surface area contributed by atoms with Crippen LogP contribution in [0.5, 0.6) is 0 Å². The van der Waals surface area contributed by atoms with Crippen molar-refractivity contribution in [2.75, 3.05) is 5.32 Å². The highest BCUT2D eigenvalue weighted by Gasteiger charge is 2.10. The van der Waals surface area contributed by atoms with Gasteiger partial charge in [-0.3, -0.25) is 9.59 Å². The number of thiophene rings is 1. The van der Waals surface area contributed by atoms with Gasteiger partial charge < -0.3 is 10.3 Å². The number of H-pyrrole nitrogens is 1. The molecule has 4 aromatic rings. The van der Waals surface area contributed by atoms with Crippen molar-refractivity contribution in [3.05, 3.63) is 70.5 Å². The molecule has 0 fully saturated rings. The molecule has 0 radical (unpaired) electrons. The van der Waals surface area contributed by atoms with E-state index in [2.05, 4.69) is 15.4 Å². The SMILES string of the molecule is O=C(Cn1nc(-c2cccs2)ccc1=O)Nc1cccc2[nH]ccc12. The lowest BCUT2D eigenvalue weighted by atomic mass is 10.2. The molecule has 0 unspecified atom stereocenters. The smallest absolute Gasteiger partial charge is 0.267 e. The quantitative estimate of drug-likeness (QED) is 0.593. The molecule has 2 N–H and O–H groups in total. The Kier molecular flexibility index (Phi) is 3.91. The molecule has 7 heteroatoms. The van der Waals surface area contributed by atoms with Crippen LogP contribution in [0.15, 0.2) is 64.9 Å². The second kappa shape index (κ2) is 6.37. The van der Waals surface area contributed by atoms with E-state index in [0.29, 0.717) is 11.4 Å². The lowest BCUT2D eigenvalue weighted by molar-refractivity contribution is -0.117. The van der Waals surface area contributed by atoms with Gasteiger partial charge in [0.1, 0.15) is 12.2 Å². The Bertz CT molecular complexity index is 1100. The van der Waals surface area contributed by atoms with Crippen LogP contribution in [0.4, 0.5) is 5.69 Å². The zero-order valence-electron chi connectivity index (χ0n) is 13.1. The molecule has 0 atom stereocenters. The molecule has 1 amide bonds. The van der Waals surface area contributed by atoms with E-state index in [4.69, 9.17) is 0 Å². The molecule has 0 saturated carbocycles. The third-order valence-corrected chi connectivity index (χ3v) is 4.70. The number of nitrogens with zero attached hydrogens (tertiary/aromatic N) is 2. The second-order valence-corrected chi connectivity index (χ2v) is 6.43. The summed E-state index contributed by atoms with van der Waals surface area (Å²) in [5, 5.41) is 10.0. The van der Waals surface area contributed by atoms with E-state index >= 15 is 0 Å². The van der Waals surface area contributed by atoms with Crippen LogP contribution in [0.3, 0.4) is 0 Å². The van der Waals surface area contributed by atoms with Gasteiger partial charge >= 0.3 is 0 Å². The monoisotopic (exact) mass is 350 g/mol. The fourth-order valence-corrected chi connectivity index (χ4v) is 3.33. The Balaban J connectivity index is 1.58. The first-order valence-electron chi connectivity index (χ1n) is 7.69. The van der Waals surface area contributed by atoms with E-state index in [1.807, 2.05) is 48.0 Å². The highest BCUT2D eigenvalue weighted by Crippen LogP contribution is 2.22. The summed E-state index contributed by atoms with van der Waals surface area (Å²) in [6, 6.07) is 14.5. The summed E-state index contributed by atoms with van der Waals surface area (Å²) in [5.74, 6) is -0.299. The van der Waals surface area contributed by atoms with Crippen molar-refractivity contribution < 1.29 is 4.79 Å². The van der Waals surface area contributed by atoms with Crippen LogP contribution in [0, 0.1) is 0 Å². The third kappa shape index (κ3) is 3.09. The molecule has 124 valence electrons. The van der Waals surface area contributed by atoms with Gasteiger partial charge in [-0.25, -0.2) is 4.68 Å². The maximum absolute atomic E-state index is 12.4. The molecule has 0 aliphatic rings. The van der Waals surface area contributed by atoms with E-state index in [9.17, 15) is 9.59 Å². The van der Waals surface area contributed by atoms with Gasteiger partial charge in [0.15, 0.2) is 0 Å². The Morgan fingerprint density at radius 1 is 1.16 bits per heavy atom. The first-order chi connectivity index (χ1) is 12.2. The number of fused-ring (bicyclic) bond motifs is 1. The number of aromatic nitrogens is 3. The number of amides is 1. The molecule has 1 aromatic carbocycles. The molecular formula is C18H14N4O2S. The number of aromatic amines is 1. The summed E-state index contributed by atoms with van der Waals surface area (Å²) in [4.78, 5) is 28.4. The predicted octanol–water partition coefficient (Wildman–Crippen LogP) is 3.09. The van der Waals surface area contributed by atoms with Crippen LogP contribution in [-0.4, -0.2) is 20.7 Å². The van der Waals surface area contributed by atoms with Crippen LogP contribution in [-0.2, 0) is 11.3 Å². The van der Waals surface area contributed by atoms with E-state index in [0.717, 1.165) is 15.8 Å². The number of hydrogen-bond donors (Lipinski definition) is 2. The maximum Gasteiger partial charge on any atom is 0.267 e. The van der Waals surface area contributed by atoms with Crippen LogP contribution in [0.1, 0.15) is 0 Å². The van der Waals surface area contributed by atoms with Gasteiger partial charge in [-0.05, 0) is 35.7 Å². The summed E-state index contributed by atoms with van der Waals surface area (Å²) >= 11 is 1.53. The minimum absolute atomic E-state index is 0.140. The molecule has 4 rings (SSSR count). The Morgan fingerprint density at radius 2 is 2.08 bits per heavy atom. The fourth-order valence-electron chi connectivity index (χ4n) is 2.64. The summed E-state index contributed by atoms with van der Waals surface area (Å²) in [5.41, 5.74) is 2.00. The largest absolute Gasteiger partial charge is 0.361 e. The number of carbonyl (C=O) groups excluding carboxylic acids is 1. The molecular weight excluding hydrogens is 336 g/mol. The van der Waals surface area contributed by atoms with Gasteiger partial charge in [-0.2, -0.15) is 5.10 Å². The van der Waals surface area contributed by atoms with Crippen molar-refractivity contribution in [3.63, 3.8) is 0 Å². The average molecular weight is 350 g/mol. The average Bonchev–Trinajstić information content (AvgIpc) is 3.28. The first kappa shape index (κ1) is 15.3. The van der Waals surface area contributed by atoms with E-state index in [-0.39, 0.29) is 18.0 Å². The lowest BCUT2D eigenvalue weighted by Gasteiger charge is -2.08. The van der Waals surface area contributed by atoms with Gasteiger partial charge in [-0.15, -0.1) is 11.3 Å². The van der Waals surface area contributed by atoms with Crippen molar-refractivity contribution in [3.8, 4) is 10.6 Å². The Morgan fingerprint density at radius 3 is 2.92 bits per heavy atom. The summed E-state index contributed by atoms with van der Waals surface area (Å²) in [6.45, 7) is -0.140. The summed E-state index contributed by atoms with van der Waals surface area (Å²) in [7, 11) is 0. The zero-order valence-corrected chi connectivity index (χ0v) is 13.9. The van der Waals surface area contributed by atoms with E-state index in [1.54, 1.807) is 6.07 Å². The van der Waals surface area contributed by atoms with E-state index < -0.39 is 0 Å². The van der Waals surface area contributed by atoms with Gasteiger partial charge in [0.05, 0.1) is 10.6 Å². The molecule has 0 aliphatic heterocycles. The summed E-state index contributed by atoms with van der Waals surface area (Å²) < 4.78 is 1.18. The number of hydrogen-bond acceptors (Lipinski definition) is 4. The van der Waals surface area contributed by atoms with Gasteiger partial charge in [0.2, 0.25) is 5.91 Å². The number of rotatable bonds is 4. The van der Waals surface area contributed by atoms with Crippen LogP contribution in [0.25, 0.3) is 21.5 Å². The molecule has 0 bridgehead atoms. The van der Waals surface area contributed by atoms with Crippen molar-refractivity contribution in [2.24, 2.45) is 0 Å². The van der Waals surface area contributed by atoms with Gasteiger partial charge in [0.25, 0.3) is 5.56 Å². The second-order valence-electron chi connectivity index (χ2n) is 5.48. The molecule has 0 saturated heterocycles. The molecule has 0 spiro atoms. The van der Waals surface area contributed by atoms with E-state index in [1.165, 1.54) is 22.1 Å². The fraction of sp³-hybridized carbons (Fsp3) is 0.0556. The predicted molar refractivity (Wildman–Crippen MR) is 98.7 cm³/mol. The van der Waals surface area contributed by atoms with Crippen molar-refractivity contribution >= 4 is 33.8 Å². The van der Waals surface area contributed by atoms with Gasteiger partial charge in [0, 0.05) is 23.2 Å². The molecule has 3 heterocycles. The van der Waals surface area contributed by atoms with Gasteiger partial charge in [-0.1, -0.05) is 12.1 Å². The molecule has 6 nitrogen and oxygen atoms in total. The van der Waals surface area contributed by atoms with Crippen LogP contribution in [0.2, 0.25) is 0 Å². The van der Waals surface area contributed by atoms with Crippen LogP contribution < -0.4 is 10.9 Å². The number of benzene rings is 1. The normalized spacial score (nSPS) is 10.9. The van der Waals surface area contributed by atoms with Crippen molar-refractivity contribution in [2.45, 2.75) is 6.54 Å². The van der Waals surface area contributed by atoms with Crippen LogP contribution >= 0.6 is 11.3 Å². The molecule has 0 aliphatic carbocycles. The topological polar surface area (TPSA) is 79.8 Å².